The number of carbonyl (C=O) groups is 2. The molecule has 8 heteroatoms. The van der Waals surface area contributed by atoms with Crippen LogP contribution in [0.1, 0.15) is 48.9 Å². The van der Waals surface area contributed by atoms with E-state index in [4.69, 9.17) is 14.2 Å². The molecule has 1 unspecified atom stereocenters. The molecule has 3 aromatic carbocycles. The third-order valence-electron chi connectivity index (χ3n) is 7.16. The van der Waals surface area contributed by atoms with Crippen molar-refractivity contribution in [1.82, 2.24) is 9.80 Å². The second-order valence-electron chi connectivity index (χ2n) is 10.6. The van der Waals surface area contributed by atoms with Crippen molar-refractivity contribution in [2.75, 3.05) is 40.9 Å². The smallest absolute Gasteiger partial charge is 0.295 e. The van der Waals surface area contributed by atoms with Crippen molar-refractivity contribution < 1.29 is 28.9 Å². The zero-order valence-electron chi connectivity index (χ0n) is 24.8. The molecular formula is C34H40N2O6. The number of methoxy groups -OCH3 is 1. The number of rotatable bonds is 14. The number of aliphatic hydroxyl groups is 1. The monoisotopic (exact) mass is 572 g/mol. The minimum absolute atomic E-state index is 0.0376. The summed E-state index contributed by atoms with van der Waals surface area (Å²) in [6.07, 6.45) is 2.56. The highest BCUT2D eigenvalue weighted by atomic mass is 16.5. The van der Waals surface area contributed by atoms with Gasteiger partial charge in [0.05, 0.1) is 25.3 Å². The Hall–Kier alpha value is -4.30. The van der Waals surface area contributed by atoms with E-state index in [9.17, 15) is 14.7 Å². The van der Waals surface area contributed by atoms with Crippen LogP contribution in [0.15, 0.2) is 78.4 Å². The first kappa shape index (κ1) is 30.7. The van der Waals surface area contributed by atoms with Crippen molar-refractivity contribution in [2.45, 2.75) is 38.8 Å². The largest absolute Gasteiger partial charge is 0.507 e. The molecule has 1 saturated heterocycles. The van der Waals surface area contributed by atoms with Crippen LogP contribution < -0.4 is 14.2 Å². The topological polar surface area (TPSA) is 88.5 Å². The van der Waals surface area contributed by atoms with Crippen molar-refractivity contribution in [3.63, 3.8) is 0 Å². The fourth-order valence-electron chi connectivity index (χ4n) is 4.95. The summed E-state index contributed by atoms with van der Waals surface area (Å²) in [5.41, 5.74) is 2.10. The molecule has 0 bridgehead atoms. The Balaban J connectivity index is 1.72. The number of nitrogens with zero attached hydrogens (tertiary/aromatic N) is 2. The van der Waals surface area contributed by atoms with Gasteiger partial charge in [-0.15, -0.1) is 0 Å². The van der Waals surface area contributed by atoms with E-state index in [0.717, 1.165) is 24.9 Å². The molecule has 1 heterocycles. The lowest BCUT2D eigenvalue weighted by Gasteiger charge is -2.26. The molecule has 1 atom stereocenters. The number of benzene rings is 3. The van der Waals surface area contributed by atoms with Gasteiger partial charge in [0.15, 0.2) is 11.5 Å². The Kier molecular flexibility index (Phi) is 10.6. The highest BCUT2D eigenvalue weighted by Crippen LogP contribution is 2.42. The van der Waals surface area contributed by atoms with Gasteiger partial charge in [-0.2, -0.15) is 0 Å². The highest BCUT2D eigenvalue weighted by molar-refractivity contribution is 6.46. The third-order valence-corrected chi connectivity index (χ3v) is 7.16. The van der Waals surface area contributed by atoms with Crippen molar-refractivity contribution >= 4 is 17.4 Å². The molecule has 42 heavy (non-hydrogen) atoms. The number of Topliss-reactive ketones (excluding diaryl/α,β-unsaturated/α-hetero) is 1. The maximum atomic E-state index is 13.5. The predicted molar refractivity (Wildman–Crippen MR) is 163 cm³/mol. The molecule has 8 nitrogen and oxygen atoms in total. The van der Waals surface area contributed by atoms with Gasteiger partial charge in [0.1, 0.15) is 18.1 Å². The van der Waals surface area contributed by atoms with Crippen LogP contribution in [0.2, 0.25) is 0 Å². The molecule has 0 spiro atoms. The number of carbonyl (C=O) groups excluding carboxylic acids is 2. The van der Waals surface area contributed by atoms with Crippen LogP contribution in [0.5, 0.6) is 17.2 Å². The number of ether oxygens (including phenoxy) is 3. The Morgan fingerprint density at radius 1 is 0.929 bits per heavy atom. The first-order valence-corrected chi connectivity index (χ1v) is 14.3. The van der Waals surface area contributed by atoms with Crippen LogP contribution in [0.4, 0.5) is 0 Å². The quantitative estimate of drug-likeness (QED) is 0.113. The first-order valence-electron chi connectivity index (χ1n) is 14.3. The van der Waals surface area contributed by atoms with E-state index in [1.807, 2.05) is 61.5 Å². The number of hydrogen-bond acceptors (Lipinski definition) is 7. The van der Waals surface area contributed by atoms with E-state index >= 15 is 0 Å². The molecule has 1 aliphatic heterocycles. The van der Waals surface area contributed by atoms with Gasteiger partial charge < -0.3 is 29.1 Å². The summed E-state index contributed by atoms with van der Waals surface area (Å²) >= 11 is 0. The standard InChI is InChI=1S/C34H40N2O6/c1-5-6-20-41-27-15-10-14-26(21-27)32(37)30-31(36(34(39)33(30)38)19-11-18-35(2)3)25-16-17-28(29(22-25)40-4)42-23-24-12-8-7-9-13-24/h7-10,12-17,21-22,31,37H,5-6,11,18-20,23H2,1-4H3/b32-30+. The van der Waals surface area contributed by atoms with Gasteiger partial charge >= 0.3 is 0 Å². The number of amides is 1. The van der Waals surface area contributed by atoms with Crippen LogP contribution in [0.25, 0.3) is 5.76 Å². The predicted octanol–water partition coefficient (Wildman–Crippen LogP) is 5.83. The molecule has 4 rings (SSSR count). The van der Waals surface area contributed by atoms with Crippen LogP contribution in [-0.4, -0.2) is 67.5 Å². The fourth-order valence-corrected chi connectivity index (χ4v) is 4.95. The van der Waals surface area contributed by atoms with Crippen LogP contribution in [0, 0.1) is 0 Å². The Labute approximate surface area is 248 Å². The SMILES string of the molecule is CCCCOc1cccc(/C(O)=C2\C(=O)C(=O)N(CCCN(C)C)C2c2ccc(OCc3ccccc3)c(OC)c2)c1. The molecule has 0 aromatic heterocycles. The van der Waals surface area contributed by atoms with E-state index in [-0.39, 0.29) is 11.3 Å². The molecule has 1 N–H and O–H groups in total. The van der Waals surface area contributed by atoms with Gasteiger partial charge in [-0.25, -0.2) is 0 Å². The number of aliphatic hydroxyl groups excluding tert-OH is 1. The van der Waals surface area contributed by atoms with Crippen LogP contribution >= 0.6 is 0 Å². The fraction of sp³-hybridized carbons (Fsp3) is 0.353. The summed E-state index contributed by atoms with van der Waals surface area (Å²) in [6.45, 7) is 4.08. The molecule has 3 aromatic rings. The Morgan fingerprint density at radius 3 is 2.43 bits per heavy atom. The minimum atomic E-state index is -0.797. The van der Waals surface area contributed by atoms with E-state index in [1.165, 1.54) is 4.90 Å². The number of ketones is 1. The first-order chi connectivity index (χ1) is 20.3. The maximum absolute atomic E-state index is 13.5. The van der Waals surface area contributed by atoms with E-state index in [0.29, 0.717) is 54.6 Å². The van der Waals surface area contributed by atoms with Crippen molar-refractivity contribution in [3.8, 4) is 17.2 Å². The zero-order chi connectivity index (χ0) is 30.1. The van der Waals surface area contributed by atoms with Crippen molar-refractivity contribution in [2.24, 2.45) is 0 Å². The summed E-state index contributed by atoms with van der Waals surface area (Å²) in [7, 11) is 5.47. The van der Waals surface area contributed by atoms with E-state index < -0.39 is 17.7 Å². The summed E-state index contributed by atoms with van der Waals surface area (Å²) < 4.78 is 17.5. The zero-order valence-corrected chi connectivity index (χ0v) is 24.8. The van der Waals surface area contributed by atoms with Crippen LogP contribution in [0.3, 0.4) is 0 Å². The number of likely N-dealkylation sites (tertiary alicyclic amines) is 1. The lowest BCUT2D eigenvalue weighted by Crippen LogP contribution is -2.32. The van der Waals surface area contributed by atoms with Crippen LogP contribution in [-0.2, 0) is 16.2 Å². The molecule has 0 radical (unpaired) electrons. The summed E-state index contributed by atoms with van der Waals surface area (Å²) in [4.78, 5) is 30.4. The average molecular weight is 573 g/mol. The Morgan fingerprint density at radius 2 is 1.71 bits per heavy atom. The molecule has 1 fully saturated rings. The van der Waals surface area contributed by atoms with Gasteiger partial charge in [0.2, 0.25) is 0 Å². The van der Waals surface area contributed by atoms with E-state index in [2.05, 4.69) is 6.92 Å². The molecule has 0 aliphatic carbocycles. The minimum Gasteiger partial charge on any atom is -0.507 e. The second-order valence-corrected chi connectivity index (χ2v) is 10.6. The maximum Gasteiger partial charge on any atom is 0.295 e. The van der Waals surface area contributed by atoms with E-state index in [1.54, 1.807) is 37.4 Å². The van der Waals surface area contributed by atoms with Crippen molar-refractivity contribution in [3.05, 3.63) is 95.1 Å². The Bertz CT molecular complexity index is 1400. The average Bonchev–Trinajstić information content (AvgIpc) is 3.25. The number of unbranched alkanes of at least 4 members (excludes halogenated alkanes) is 1. The normalized spacial score (nSPS) is 16.2. The summed E-state index contributed by atoms with van der Waals surface area (Å²) in [5, 5.41) is 11.5. The highest BCUT2D eigenvalue weighted by Gasteiger charge is 2.46. The van der Waals surface area contributed by atoms with Gasteiger partial charge in [-0.05, 0) is 68.9 Å². The van der Waals surface area contributed by atoms with Gasteiger partial charge in [0.25, 0.3) is 11.7 Å². The molecule has 1 aliphatic rings. The summed E-state index contributed by atoms with van der Waals surface area (Å²) in [5.74, 6) is -0.00843. The summed E-state index contributed by atoms with van der Waals surface area (Å²) in [6, 6.07) is 21.3. The third kappa shape index (κ3) is 7.31. The molecular weight excluding hydrogens is 532 g/mol. The van der Waals surface area contributed by atoms with Gasteiger partial charge in [-0.3, -0.25) is 9.59 Å². The van der Waals surface area contributed by atoms with Gasteiger partial charge in [0, 0.05) is 12.1 Å². The second kappa shape index (κ2) is 14.5. The van der Waals surface area contributed by atoms with Crippen molar-refractivity contribution in [1.29, 1.82) is 0 Å². The molecule has 0 saturated carbocycles. The molecule has 222 valence electrons. The number of hydrogen-bond donors (Lipinski definition) is 1. The lowest BCUT2D eigenvalue weighted by molar-refractivity contribution is -0.139. The lowest BCUT2D eigenvalue weighted by atomic mass is 9.95. The van der Waals surface area contributed by atoms with Gasteiger partial charge in [-0.1, -0.05) is 61.9 Å². The molecule has 1 amide bonds.